The smallest absolute Gasteiger partial charge is 0.251 e. The minimum Gasteiger partial charge on any atom is -0.396 e. The first-order valence-electron chi connectivity index (χ1n) is 12.0. The second kappa shape index (κ2) is 13.1. The van der Waals surface area contributed by atoms with E-state index < -0.39 is 0 Å². The highest BCUT2D eigenvalue weighted by atomic mass is 16.3. The summed E-state index contributed by atoms with van der Waals surface area (Å²) in [4.78, 5) is 33.7. The molecule has 178 valence electrons. The number of amides is 2. The summed E-state index contributed by atoms with van der Waals surface area (Å²) in [6, 6.07) is 9.65. The van der Waals surface area contributed by atoms with Crippen LogP contribution >= 0.6 is 0 Å². The van der Waals surface area contributed by atoms with Crippen LogP contribution in [-0.2, 0) is 17.9 Å². The van der Waals surface area contributed by atoms with Crippen molar-refractivity contribution in [2.75, 3.05) is 31.1 Å². The molecule has 3 rings (SSSR count). The van der Waals surface area contributed by atoms with Crippen molar-refractivity contribution in [1.29, 1.82) is 0 Å². The van der Waals surface area contributed by atoms with Crippen LogP contribution in [0.4, 0.5) is 5.69 Å². The fourth-order valence-corrected chi connectivity index (χ4v) is 4.29. The zero-order valence-corrected chi connectivity index (χ0v) is 19.6. The normalized spacial score (nSPS) is 15.8. The van der Waals surface area contributed by atoms with Gasteiger partial charge in [-0.15, -0.1) is 0 Å². The van der Waals surface area contributed by atoms with Gasteiger partial charge in [-0.05, 0) is 61.2 Å². The molecular formula is C26H36N4O3. The van der Waals surface area contributed by atoms with Crippen LogP contribution in [0, 0.1) is 0 Å². The van der Waals surface area contributed by atoms with Crippen LogP contribution in [0.1, 0.15) is 66.9 Å². The molecule has 0 aliphatic carbocycles. The third-order valence-electron chi connectivity index (χ3n) is 6.01. The number of nitrogens with one attached hydrogen (secondary N) is 1. The molecular weight excluding hydrogens is 416 g/mol. The molecule has 7 nitrogen and oxygen atoms in total. The molecule has 0 atom stereocenters. The third kappa shape index (κ3) is 7.65. The Labute approximate surface area is 196 Å². The monoisotopic (exact) mass is 452 g/mol. The van der Waals surface area contributed by atoms with Gasteiger partial charge in [0, 0.05) is 63.4 Å². The fraction of sp³-hybridized carbons (Fsp3) is 0.500. The lowest BCUT2D eigenvalue weighted by molar-refractivity contribution is -0.116. The van der Waals surface area contributed by atoms with Gasteiger partial charge in [-0.2, -0.15) is 0 Å². The van der Waals surface area contributed by atoms with E-state index in [1.807, 2.05) is 29.3 Å². The van der Waals surface area contributed by atoms with Crippen LogP contribution < -0.4 is 10.2 Å². The topological polar surface area (TPSA) is 85.8 Å². The van der Waals surface area contributed by atoms with Crippen molar-refractivity contribution < 1.29 is 14.7 Å². The number of aliphatic hydroxyl groups excluding tert-OH is 1. The molecule has 2 heterocycles. The van der Waals surface area contributed by atoms with Crippen molar-refractivity contribution in [1.82, 2.24) is 15.2 Å². The van der Waals surface area contributed by atoms with E-state index in [1.165, 1.54) is 12.8 Å². The largest absolute Gasteiger partial charge is 0.396 e. The van der Waals surface area contributed by atoms with Crippen LogP contribution in [0.15, 0.2) is 42.7 Å². The van der Waals surface area contributed by atoms with E-state index in [-0.39, 0.29) is 18.4 Å². The number of nitrogens with zero attached hydrogens (tertiary/aromatic N) is 3. The van der Waals surface area contributed by atoms with E-state index >= 15 is 0 Å². The predicted octanol–water partition coefficient (Wildman–Crippen LogP) is 3.51. The molecule has 0 bridgehead atoms. The Hall–Kier alpha value is -2.77. The molecule has 0 unspecified atom stereocenters. The number of rotatable bonds is 6. The van der Waals surface area contributed by atoms with E-state index in [4.69, 9.17) is 5.11 Å². The maximum Gasteiger partial charge on any atom is 0.251 e. The lowest BCUT2D eigenvalue weighted by atomic mass is 10.0. The van der Waals surface area contributed by atoms with Gasteiger partial charge in [-0.1, -0.05) is 25.3 Å². The summed E-state index contributed by atoms with van der Waals surface area (Å²) in [7, 11) is 0. The second-order valence-corrected chi connectivity index (χ2v) is 8.69. The summed E-state index contributed by atoms with van der Waals surface area (Å²) in [5.74, 6) is -0.141. The maximum atomic E-state index is 12.7. The van der Waals surface area contributed by atoms with Crippen molar-refractivity contribution >= 4 is 17.5 Å². The van der Waals surface area contributed by atoms with E-state index in [9.17, 15) is 9.59 Å². The molecule has 0 spiro atoms. The highest BCUT2D eigenvalue weighted by molar-refractivity contribution is 5.97. The van der Waals surface area contributed by atoms with Crippen LogP contribution in [0.3, 0.4) is 0 Å². The van der Waals surface area contributed by atoms with Gasteiger partial charge in [0.05, 0.1) is 0 Å². The third-order valence-corrected chi connectivity index (χ3v) is 6.01. The molecule has 33 heavy (non-hydrogen) atoms. The molecule has 0 saturated carbocycles. The van der Waals surface area contributed by atoms with Gasteiger partial charge in [0.1, 0.15) is 0 Å². The molecule has 2 amide bonds. The maximum absolute atomic E-state index is 12.7. The van der Waals surface area contributed by atoms with Crippen molar-refractivity contribution in [2.45, 2.75) is 58.5 Å². The highest BCUT2D eigenvalue weighted by Crippen LogP contribution is 2.26. The van der Waals surface area contributed by atoms with Gasteiger partial charge in [-0.25, -0.2) is 0 Å². The first-order chi connectivity index (χ1) is 16.1. The highest BCUT2D eigenvalue weighted by Gasteiger charge is 2.20. The van der Waals surface area contributed by atoms with Crippen molar-refractivity contribution in [3.05, 3.63) is 59.4 Å². The first kappa shape index (κ1) is 24.9. The van der Waals surface area contributed by atoms with Crippen molar-refractivity contribution in [3.8, 4) is 0 Å². The molecule has 2 aromatic rings. The van der Waals surface area contributed by atoms with E-state index in [2.05, 4.69) is 21.3 Å². The molecule has 0 radical (unpaired) electrons. The SMILES string of the molecule is CC(=O)N1CCCCCCCN(Cc2cccnc2)Cc2cc(C(=O)NCCCO)ccc21. The van der Waals surface area contributed by atoms with Crippen LogP contribution in [0.25, 0.3) is 0 Å². The van der Waals surface area contributed by atoms with Gasteiger partial charge in [0.15, 0.2) is 0 Å². The van der Waals surface area contributed by atoms with Crippen molar-refractivity contribution in [3.63, 3.8) is 0 Å². The Kier molecular flexibility index (Phi) is 9.84. The number of benzene rings is 1. The van der Waals surface area contributed by atoms with Gasteiger partial charge in [0.2, 0.25) is 5.91 Å². The molecule has 1 aromatic carbocycles. The van der Waals surface area contributed by atoms with Crippen LogP contribution in [-0.4, -0.2) is 53.0 Å². The number of pyridine rings is 1. The molecule has 0 fully saturated rings. The van der Waals surface area contributed by atoms with Gasteiger partial charge >= 0.3 is 0 Å². The zero-order chi connectivity index (χ0) is 23.5. The number of aliphatic hydroxyl groups is 1. The summed E-state index contributed by atoms with van der Waals surface area (Å²) in [6.45, 7) is 5.12. The van der Waals surface area contributed by atoms with E-state index in [0.717, 1.165) is 49.2 Å². The Bertz CT molecular complexity index is 904. The van der Waals surface area contributed by atoms with Gasteiger partial charge in [-0.3, -0.25) is 19.5 Å². The van der Waals surface area contributed by atoms with Crippen LogP contribution in [0.5, 0.6) is 0 Å². The second-order valence-electron chi connectivity index (χ2n) is 8.69. The fourth-order valence-electron chi connectivity index (χ4n) is 4.29. The average molecular weight is 453 g/mol. The summed E-state index contributed by atoms with van der Waals surface area (Å²) in [6.07, 6.45) is 9.73. The summed E-state index contributed by atoms with van der Waals surface area (Å²) >= 11 is 0. The number of carbonyl (C=O) groups is 2. The standard InChI is InChI=1S/C26H36N4O3/c1-21(32)30-15-6-4-2-3-5-14-29(19-22-9-7-12-27-18-22)20-24-17-23(10-11-25(24)30)26(33)28-13-8-16-31/h7,9-12,17-18,31H,2-6,8,13-16,19-20H2,1H3,(H,28,33). The Balaban J connectivity index is 1.93. The number of carbonyl (C=O) groups excluding carboxylic acids is 2. The van der Waals surface area contributed by atoms with Gasteiger partial charge in [0.25, 0.3) is 5.91 Å². The number of hydrogen-bond donors (Lipinski definition) is 2. The van der Waals surface area contributed by atoms with E-state index in [1.54, 1.807) is 19.2 Å². The Morgan fingerprint density at radius 2 is 1.88 bits per heavy atom. The summed E-state index contributed by atoms with van der Waals surface area (Å²) in [5, 5.41) is 11.8. The number of hydrogen-bond acceptors (Lipinski definition) is 5. The number of anilines is 1. The van der Waals surface area contributed by atoms with Gasteiger partial charge < -0.3 is 15.3 Å². The number of aromatic nitrogens is 1. The molecule has 2 N–H and O–H groups in total. The molecule has 0 saturated heterocycles. The van der Waals surface area contributed by atoms with Crippen LogP contribution in [0.2, 0.25) is 0 Å². The quantitative estimate of drug-likeness (QED) is 0.655. The zero-order valence-electron chi connectivity index (χ0n) is 19.6. The average Bonchev–Trinajstić information content (AvgIpc) is 2.80. The summed E-state index contributed by atoms with van der Waals surface area (Å²) in [5.41, 5.74) is 3.58. The Morgan fingerprint density at radius 3 is 2.61 bits per heavy atom. The molecule has 1 aromatic heterocycles. The molecule has 1 aliphatic heterocycles. The summed E-state index contributed by atoms with van der Waals surface area (Å²) < 4.78 is 0. The van der Waals surface area contributed by atoms with E-state index in [0.29, 0.717) is 31.6 Å². The first-order valence-corrected chi connectivity index (χ1v) is 12.0. The number of fused-ring (bicyclic) bond motifs is 1. The molecule has 7 heteroatoms. The molecule has 1 aliphatic rings. The predicted molar refractivity (Wildman–Crippen MR) is 130 cm³/mol. The Morgan fingerprint density at radius 1 is 1.09 bits per heavy atom. The lowest BCUT2D eigenvalue weighted by Crippen LogP contribution is -2.33. The van der Waals surface area contributed by atoms with Crippen molar-refractivity contribution in [2.24, 2.45) is 0 Å². The minimum absolute atomic E-state index is 0.0206. The lowest BCUT2D eigenvalue weighted by Gasteiger charge is -2.29. The minimum atomic E-state index is -0.162.